The Hall–Kier alpha value is -4.64. The molecule has 0 amide bonds. The predicted molar refractivity (Wildman–Crippen MR) is 188 cm³/mol. The van der Waals surface area contributed by atoms with E-state index in [9.17, 15) is 0 Å². The van der Waals surface area contributed by atoms with Crippen LogP contribution in [0.25, 0.3) is 55.5 Å². The van der Waals surface area contributed by atoms with Crippen molar-refractivity contribution >= 4 is 41.0 Å². The minimum Gasteiger partial charge on any atom is -0.459 e. The van der Waals surface area contributed by atoms with Gasteiger partial charge in [0, 0.05) is 33.0 Å². The van der Waals surface area contributed by atoms with Gasteiger partial charge in [-0.15, -0.1) is 12.6 Å². The van der Waals surface area contributed by atoms with Crippen LogP contribution in [0.5, 0.6) is 0 Å². The monoisotopic (exact) mass is 603 g/mol. The van der Waals surface area contributed by atoms with E-state index >= 15 is 0 Å². The Kier molecular flexibility index (Phi) is 7.02. The van der Waals surface area contributed by atoms with Crippen molar-refractivity contribution in [3.63, 3.8) is 0 Å². The molecule has 8 rings (SSSR count). The number of benzene rings is 6. The van der Waals surface area contributed by atoms with E-state index in [1.807, 2.05) is 6.07 Å². The van der Waals surface area contributed by atoms with Crippen molar-refractivity contribution < 1.29 is 4.42 Å². The molecule has 2 nitrogen and oxygen atoms in total. The third-order valence-corrected chi connectivity index (χ3v) is 9.61. The number of fused-ring (bicyclic) bond motifs is 3. The molecule has 0 atom stereocenters. The first-order valence-electron chi connectivity index (χ1n) is 14.8. The number of furan rings is 1. The van der Waals surface area contributed by atoms with Gasteiger partial charge in [-0.05, 0) is 93.0 Å². The van der Waals surface area contributed by atoms with Crippen LogP contribution < -0.4 is 5.32 Å². The van der Waals surface area contributed by atoms with Gasteiger partial charge in [-0.1, -0.05) is 103 Å². The molecule has 1 N–H and O–H groups in total. The maximum Gasteiger partial charge on any atom is 0.136 e. The first-order valence-corrected chi connectivity index (χ1v) is 16.1. The Morgan fingerprint density at radius 3 is 1.84 bits per heavy atom. The van der Waals surface area contributed by atoms with Crippen molar-refractivity contribution in [2.75, 3.05) is 11.9 Å². The van der Waals surface area contributed by atoms with E-state index < -0.39 is 0 Å². The molecule has 44 heavy (non-hydrogen) atoms. The lowest BCUT2D eigenvalue weighted by atomic mass is 9.98. The van der Waals surface area contributed by atoms with Crippen LogP contribution >= 0.6 is 24.4 Å². The minimum absolute atomic E-state index is 0.945. The summed E-state index contributed by atoms with van der Waals surface area (Å²) in [6.07, 6.45) is 0.950. The second-order valence-corrected chi connectivity index (χ2v) is 12.8. The Morgan fingerprint density at radius 1 is 0.545 bits per heavy atom. The Balaban J connectivity index is 1.05. The largest absolute Gasteiger partial charge is 0.459 e. The summed E-state index contributed by atoms with van der Waals surface area (Å²) < 4.78 is 6.05. The van der Waals surface area contributed by atoms with Gasteiger partial charge in [0.1, 0.15) is 11.3 Å². The molecule has 0 radical (unpaired) electrons. The summed E-state index contributed by atoms with van der Waals surface area (Å²) in [5.74, 6) is 1.07. The molecule has 0 fully saturated rings. The Bertz CT molecular complexity index is 2150. The number of nitrogens with one attached hydrogen (secondary N) is 1. The number of hydrogen-bond acceptors (Lipinski definition) is 4. The summed E-state index contributed by atoms with van der Waals surface area (Å²) in [5.41, 5.74) is 11.6. The molecule has 6 aromatic carbocycles. The lowest BCUT2D eigenvalue weighted by molar-refractivity contribution is 0.564. The summed E-state index contributed by atoms with van der Waals surface area (Å²) in [7, 11) is 0. The van der Waals surface area contributed by atoms with Crippen molar-refractivity contribution in [3.05, 3.63) is 145 Å². The maximum absolute atomic E-state index is 6.05. The molecule has 2 heterocycles. The Labute approximate surface area is 267 Å². The van der Waals surface area contributed by atoms with E-state index in [-0.39, 0.29) is 0 Å². The standard InChI is InChI=1S/C40H29NOS2/c43-39-25-32(15-17-35(39)26-7-2-1-3-8-26)30-12-6-14-34(23-30)44-33-13-5-11-29(22-33)27-9-4-10-28(21-27)31-16-18-37-36(24-31)40-38(42-37)19-20-41-40/h1-18,21-25,41,43H,19-20H2. The highest BCUT2D eigenvalue weighted by molar-refractivity contribution is 7.99. The zero-order valence-electron chi connectivity index (χ0n) is 24.0. The smallest absolute Gasteiger partial charge is 0.136 e. The van der Waals surface area contributed by atoms with E-state index in [4.69, 9.17) is 17.0 Å². The molecule has 0 saturated carbocycles. The van der Waals surface area contributed by atoms with Gasteiger partial charge in [0.25, 0.3) is 0 Å². The quantitative estimate of drug-likeness (QED) is 0.185. The normalized spacial score (nSPS) is 12.3. The van der Waals surface area contributed by atoms with Gasteiger partial charge in [0.05, 0.1) is 5.69 Å². The molecule has 7 aromatic rings. The fourth-order valence-corrected chi connectivity index (χ4v) is 7.34. The number of thiol groups is 1. The van der Waals surface area contributed by atoms with Crippen LogP contribution in [0.2, 0.25) is 0 Å². The molecular weight excluding hydrogens is 575 g/mol. The van der Waals surface area contributed by atoms with Crippen LogP contribution in [0.3, 0.4) is 0 Å². The number of hydrogen-bond donors (Lipinski definition) is 2. The van der Waals surface area contributed by atoms with Crippen molar-refractivity contribution in [1.82, 2.24) is 0 Å². The van der Waals surface area contributed by atoms with Gasteiger partial charge in [0.15, 0.2) is 0 Å². The van der Waals surface area contributed by atoms with Crippen LogP contribution in [-0.4, -0.2) is 6.54 Å². The fraction of sp³-hybridized carbons (Fsp3) is 0.0500. The summed E-state index contributed by atoms with van der Waals surface area (Å²) in [6, 6.07) is 49.8. The number of rotatable bonds is 6. The molecule has 4 heteroatoms. The molecule has 1 aromatic heterocycles. The van der Waals surface area contributed by atoms with Crippen molar-refractivity contribution in [1.29, 1.82) is 0 Å². The summed E-state index contributed by atoms with van der Waals surface area (Å²) in [6.45, 7) is 0.945. The molecular formula is C40H29NOS2. The predicted octanol–water partition coefficient (Wildman–Crippen LogP) is 11.5. The van der Waals surface area contributed by atoms with Crippen LogP contribution in [0.1, 0.15) is 5.76 Å². The van der Waals surface area contributed by atoms with Gasteiger partial charge in [-0.3, -0.25) is 0 Å². The van der Waals surface area contributed by atoms with Crippen LogP contribution in [0.15, 0.2) is 159 Å². The number of anilines is 1. The highest BCUT2D eigenvalue weighted by Gasteiger charge is 2.19. The maximum atomic E-state index is 6.05. The van der Waals surface area contributed by atoms with E-state index in [1.165, 1.54) is 48.6 Å². The van der Waals surface area contributed by atoms with Gasteiger partial charge in [0.2, 0.25) is 0 Å². The van der Waals surface area contributed by atoms with Gasteiger partial charge in [-0.2, -0.15) is 0 Å². The molecule has 212 valence electrons. The van der Waals surface area contributed by atoms with Crippen LogP contribution in [0, 0.1) is 0 Å². The van der Waals surface area contributed by atoms with Crippen molar-refractivity contribution in [3.8, 4) is 44.5 Å². The molecule has 0 bridgehead atoms. The summed E-state index contributed by atoms with van der Waals surface area (Å²) >= 11 is 6.61. The molecule has 1 aliphatic heterocycles. The Morgan fingerprint density at radius 2 is 1.14 bits per heavy atom. The molecule has 0 saturated heterocycles. The highest BCUT2D eigenvalue weighted by atomic mass is 32.2. The SMILES string of the molecule is Sc1cc(-c2cccc(Sc3cccc(-c4cccc(-c5ccc6oc7c(c6c5)NCC7)c4)c3)c2)ccc1-c1ccccc1. The second kappa shape index (κ2) is 11.5. The van der Waals surface area contributed by atoms with Crippen molar-refractivity contribution in [2.24, 2.45) is 0 Å². The minimum atomic E-state index is 0.945. The molecule has 0 aliphatic carbocycles. The van der Waals surface area contributed by atoms with E-state index in [0.717, 1.165) is 46.0 Å². The zero-order chi connectivity index (χ0) is 29.5. The third-order valence-electron chi connectivity index (χ3n) is 8.26. The van der Waals surface area contributed by atoms with Gasteiger partial charge < -0.3 is 9.73 Å². The molecule has 0 spiro atoms. The highest BCUT2D eigenvalue weighted by Crippen LogP contribution is 2.39. The molecule has 0 unspecified atom stereocenters. The molecule has 1 aliphatic rings. The third kappa shape index (κ3) is 5.21. The first kappa shape index (κ1) is 26.9. The van der Waals surface area contributed by atoms with Gasteiger partial charge in [-0.25, -0.2) is 0 Å². The average molecular weight is 604 g/mol. The van der Waals surface area contributed by atoms with E-state index in [2.05, 4.69) is 139 Å². The average Bonchev–Trinajstić information content (AvgIpc) is 3.67. The zero-order valence-corrected chi connectivity index (χ0v) is 25.7. The van der Waals surface area contributed by atoms with Crippen LogP contribution in [-0.2, 0) is 6.42 Å². The van der Waals surface area contributed by atoms with Crippen molar-refractivity contribution in [2.45, 2.75) is 21.1 Å². The second-order valence-electron chi connectivity index (χ2n) is 11.1. The summed E-state index contributed by atoms with van der Waals surface area (Å²) in [5, 5.41) is 4.65. The first-order chi connectivity index (χ1) is 21.7. The fourth-order valence-electron chi connectivity index (χ4n) is 6.06. The lowest BCUT2D eigenvalue weighted by Crippen LogP contribution is -1.92. The van der Waals surface area contributed by atoms with E-state index in [1.54, 1.807) is 11.8 Å². The van der Waals surface area contributed by atoms with E-state index in [0.29, 0.717) is 0 Å². The van der Waals surface area contributed by atoms with Crippen LogP contribution in [0.4, 0.5) is 5.69 Å². The summed E-state index contributed by atoms with van der Waals surface area (Å²) in [4.78, 5) is 3.39. The lowest BCUT2D eigenvalue weighted by Gasteiger charge is -2.11. The van der Waals surface area contributed by atoms with Gasteiger partial charge >= 0.3 is 0 Å². The topological polar surface area (TPSA) is 25.2 Å².